The van der Waals surface area contributed by atoms with Gasteiger partial charge in [0.25, 0.3) is 0 Å². The van der Waals surface area contributed by atoms with Gasteiger partial charge in [0.05, 0.1) is 12.3 Å². The number of thiazole rings is 1. The topological polar surface area (TPSA) is 22.1 Å². The molecule has 3 aromatic rings. The molecule has 0 aliphatic carbocycles. The molecule has 4 heteroatoms. The molecule has 17 heavy (non-hydrogen) atoms. The standard InChI is InChI=1S/C13H11NOS2/c1-15-6-13-14-11(8-17-13)10-7-16-12-5-3-2-4-9(10)12/h2-5,7-8H,6H2,1H3. The van der Waals surface area contributed by atoms with Crippen molar-refractivity contribution in [3.05, 3.63) is 40.0 Å². The summed E-state index contributed by atoms with van der Waals surface area (Å²) < 4.78 is 6.41. The van der Waals surface area contributed by atoms with Crippen LogP contribution in [0.2, 0.25) is 0 Å². The van der Waals surface area contributed by atoms with E-state index in [0.717, 1.165) is 10.7 Å². The Kier molecular flexibility index (Phi) is 2.93. The SMILES string of the molecule is COCc1nc(-c2csc3ccccc23)cs1. The van der Waals surface area contributed by atoms with Crippen molar-refractivity contribution >= 4 is 32.8 Å². The normalized spacial score (nSPS) is 11.1. The van der Waals surface area contributed by atoms with Crippen molar-refractivity contribution in [2.24, 2.45) is 0 Å². The lowest BCUT2D eigenvalue weighted by molar-refractivity contribution is 0.184. The van der Waals surface area contributed by atoms with Crippen LogP contribution in [0.1, 0.15) is 5.01 Å². The van der Waals surface area contributed by atoms with Crippen LogP contribution in [0.25, 0.3) is 21.3 Å². The highest BCUT2D eigenvalue weighted by atomic mass is 32.1. The van der Waals surface area contributed by atoms with Crippen LogP contribution in [0.15, 0.2) is 35.0 Å². The Labute approximate surface area is 108 Å². The van der Waals surface area contributed by atoms with E-state index in [2.05, 4.69) is 40.0 Å². The summed E-state index contributed by atoms with van der Waals surface area (Å²) in [6.45, 7) is 0.590. The lowest BCUT2D eigenvalue weighted by atomic mass is 10.1. The Morgan fingerprint density at radius 3 is 2.94 bits per heavy atom. The Hall–Kier alpha value is -1.23. The molecule has 0 unspecified atom stereocenters. The van der Waals surface area contributed by atoms with Gasteiger partial charge in [0.1, 0.15) is 5.01 Å². The van der Waals surface area contributed by atoms with E-state index in [4.69, 9.17) is 4.74 Å². The van der Waals surface area contributed by atoms with E-state index in [0.29, 0.717) is 6.61 Å². The Morgan fingerprint density at radius 1 is 1.18 bits per heavy atom. The van der Waals surface area contributed by atoms with Crippen LogP contribution in [0.3, 0.4) is 0 Å². The summed E-state index contributed by atoms with van der Waals surface area (Å²) in [5, 5.41) is 6.59. The quantitative estimate of drug-likeness (QED) is 0.706. The van der Waals surface area contributed by atoms with Crippen molar-refractivity contribution in [3.63, 3.8) is 0 Å². The highest BCUT2D eigenvalue weighted by molar-refractivity contribution is 7.17. The van der Waals surface area contributed by atoms with E-state index in [1.807, 2.05) is 0 Å². The molecule has 0 aliphatic heterocycles. The average molecular weight is 261 g/mol. The molecular weight excluding hydrogens is 250 g/mol. The third-order valence-electron chi connectivity index (χ3n) is 2.58. The maximum atomic E-state index is 5.10. The molecule has 0 bridgehead atoms. The first-order valence-corrected chi connectivity index (χ1v) is 7.04. The van der Waals surface area contributed by atoms with Crippen LogP contribution in [-0.4, -0.2) is 12.1 Å². The lowest BCUT2D eigenvalue weighted by Crippen LogP contribution is -1.85. The van der Waals surface area contributed by atoms with Gasteiger partial charge in [-0.1, -0.05) is 18.2 Å². The number of hydrogen-bond donors (Lipinski definition) is 0. The zero-order valence-corrected chi connectivity index (χ0v) is 11.0. The van der Waals surface area contributed by atoms with Gasteiger partial charge in [-0.15, -0.1) is 22.7 Å². The van der Waals surface area contributed by atoms with E-state index in [1.54, 1.807) is 29.8 Å². The number of benzene rings is 1. The third-order valence-corrected chi connectivity index (χ3v) is 4.36. The van der Waals surface area contributed by atoms with E-state index < -0.39 is 0 Å². The molecule has 0 saturated heterocycles. The zero-order chi connectivity index (χ0) is 11.7. The maximum absolute atomic E-state index is 5.10. The first-order valence-electron chi connectivity index (χ1n) is 5.28. The summed E-state index contributed by atoms with van der Waals surface area (Å²) in [4.78, 5) is 4.59. The van der Waals surface area contributed by atoms with Gasteiger partial charge in [-0.25, -0.2) is 4.98 Å². The second-order valence-electron chi connectivity index (χ2n) is 3.71. The van der Waals surface area contributed by atoms with Gasteiger partial charge >= 0.3 is 0 Å². The number of hydrogen-bond acceptors (Lipinski definition) is 4. The summed E-state index contributed by atoms with van der Waals surface area (Å²) in [5.74, 6) is 0. The van der Waals surface area contributed by atoms with E-state index >= 15 is 0 Å². The molecule has 0 radical (unpaired) electrons. The number of rotatable bonds is 3. The number of methoxy groups -OCH3 is 1. The van der Waals surface area contributed by atoms with Crippen molar-refractivity contribution in [2.45, 2.75) is 6.61 Å². The van der Waals surface area contributed by atoms with Gasteiger partial charge in [0.2, 0.25) is 0 Å². The minimum Gasteiger partial charge on any atom is -0.378 e. The molecular formula is C13H11NOS2. The number of nitrogens with zero attached hydrogens (tertiary/aromatic N) is 1. The summed E-state index contributed by atoms with van der Waals surface area (Å²) >= 11 is 3.41. The lowest BCUT2D eigenvalue weighted by Gasteiger charge is -1.94. The minimum absolute atomic E-state index is 0.590. The fraction of sp³-hybridized carbons (Fsp3) is 0.154. The molecule has 0 aliphatic rings. The first kappa shape index (κ1) is 10.9. The van der Waals surface area contributed by atoms with E-state index in [1.165, 1.54) is 15.6 Å². The minimum atomic E-state index is 0.590. The summed E-state index contributed by atoms with van der Waals surface area (Å²) in [6, 6.07) is 8.43. The van der Waals surface area contributed by atoms with Crippen molar-refractivity contribution in [1.29, 1.82) is 0 Å². The van der Waals surface area contributed by atoms with Gasteiger partial charge in [0.15, 0.2) is 0 Å². The van der Waals surface area contributed by atoms with Gasteiger partial charge in [0, 0.05) is 33.5 Å². The van der Waals surface area contributed by atoms with E-state index in [9.17, 15) is 0 Å². The summed E-state index contributed by atoms with van der Waals surface area (Å²) in [6.07, 6.45) is 0. The second kappa shape index (κ2) is 4.56. The molecule has 0 spiro atoms. The molecule has 86 valence electrons. The van der Waals surface area contributed by atoms with Gasteiger partial charge in [-0.3, -0.25) is 0 Å². The van der Waals surface area contributed by atoms with Gasteiger partial charge in [-0.2, -0.15) is 0 Å². The molecule has 2 nitrogen and oxygen atoms in total. The highest BCUT2D eigenvalue weighted by Gasteiger charge is 2.09. The summed E-state index contributed by atoms with van der Waals surface area (Å²) in [7, 11) is 1.70. The number of fused-ring (bicyclic) bond motifs is 1. The molecule has 2 aromatic heterocycles. The van der Waals surface area contributed by atoms with Crippen molar-refractivity contribution in [1.82, 2.24) is 4.98 Å². The summed E-state index contributed by atoms with van der Waals surface area (Å²) in [5.41, 5.74) is 2.28. The van der Waals surface area contributed by atoms with Crippen LogP contribution in [0.5, 0.6) is 0 Å². The molecule has 0 atom stereocenters. The van der Waals surface area contributed by atoms with Gasteiger partial charge < -0.3 is 4.74 Å². The van der Waals surface area contributed by atoms with Crippen molar-refractivity contribution in [3.8, 4) is 11.3 Å². The predicted octanol–water partition coefficient (Wildman–Crippen LogP) is 4.17. The van der Waals surface area contributed by atoms with E-state index in [-0.39, 0.29) is 0 Å². The predicted molar refractivity (Wildman–Crippen MR) is 73.6 cm³/mol. The Bertz CT molecular complexity index is 641. The molecule has 3 rings (SSSR count). The molecule has 2 heterocycles. The van der Waals surface area contributed by atoms with Crippen molar-refractivity contribution in [2.75, 3.05) is 7.11 Å². The van der Waals surface area contributed by atoms with Crippen LogP contribution in [0, 0.1) is 0 Å². The third kappa shape index (κ3) is 1.99. The first-order chi connectivity index (χ1) is 8.38. The van der Waals surface area contributed by atoms with Crippen LogP contribution in [-0.2, 0) is 11.3 Å². The fourth-order valence-electron chi connectivity index (χ4n) is 1.80. The Morgan fingerprint density at radius 2 is 2.06 bits per heavy atom. The number of ether oxygens (including phenoxy) is 1. The number of aromatic nitrogens is 1. The largest absolute Gasteiger partial charge is 0.378 e. The molecule has 0 amide bonds. The fourth-order valence-corrected chi connectivity index (χ4v) is 3.52. The van der Waals surface area contributed by atoms with Crippen molar-refractivity contribution < 1.29 is 4.74 Å². The highest BCUT2D eigenvalue weighted by Crippen LogP contribution is 2.34. The zero-order valence-electron chi connectivity index (χ0n) is 9.34. The molecule has 0 saturated carbocycles. The van der Waals surface area contributed by atoms with Gasteiger partial charge in [-0.05, 0) is 6.07 Å². The van der Waals surface area contributed by atoms with Crippen LogP contribution >= 0.6 is 22.7 Å². The Balaban J connectivity index is 2.07. The maximum Gasteiger partial charge on any atom is 0.119 e. The average Bonchev–Trinajstić information content (AvgIpc) is 2.95. The number of thiophene rings is 1. The monoisotopic (exact) mass is 261 g/mol. The smallest absolute Gasteiger partial charge is 0.119 e. The molecule has 0 fully saturated rings. The molecule has 0 N–H and O–H groups in total. The second-order valence-corrected chi connectivity index (χ2v) is 5.56. The van der Waals surface area contributed by atoms with Crippen LogP contribution < -0.4 is 0 Å². The van der Waals surface area contributed by atoms with Crippen LogP contribution in [0.4, 0.5) is 0 Å². The molecule has 1 aromatic carbocycles.